The number of carbonyl (C=O) groups excluding carboxylic acids is 1. The van der Waals surface area contributed by atoms with Crippen LogP contribution in [0.15, 0.2) is 16.7 Å². The molecule has 0 aliphatic heterocycles. The summed E-state index contributed by atoms with van der Waals surface area (Å²) in [7, 11) is 1.31. The first-order valence-electron chi connectivity index (χ1n) is 4.96. The minimum Gasteiger partial charge on any atom is -0.464 e. The maximum Gasteiger partial charge on any atom is 0.358 e. The number of rotatable bonds is 2. The van der Waals surface area contributed by atoms with Gasteiger partial charge in [0, 0.05) is 12.0 Å². The summed E-state index contributed by atoms with van der Waals surface area (Å²) in [5, 5.41) is 0. The average Bonchev–Trinajstić information content (AvgIpc) is 2.70. The zero-order chi connectivity index (χ0) is 11.7. The van der Waals surface area contributed by atoms with Crippen molar-refractivity contribution in [2.45, 2.75) is 19.8 Å². The third-order valence-electron chi connectivity index (χ3n) is 2.22. The largest absolute Gasteiger partial charge is 0.464 e. The number of esters is 1. The van der Waals surface area contributed by atoms with Gasteiger partial charge in [0.25, 0.3) is 0 Å². The van der Waals surface area contributed by atoms with Gasteiger partial charge in [0.1, 0.15) is 11.3 Å². The van der Waals surface area contributed by atoms with Crippen LogP contribution in [0.5, 0.6) is 0 Å². The van der Waals surface area contributed by atoms with Crippen molar-refractivity contribution >= 4 is 17.2 Å². The third-order valence-corrected chi connectivity index (χ3v) is 2.22. The van der Waals surface area contributed by atoms with Gasteiger partial charge < -0.3 is 9.15 Å². The molecule has 0 bridgehead atoms. The molecule has 2 aromatic heterocycles. The van der Waals surface area contributed by atoms with Gasteiger partial charge >= 0.3 is 5.97 Å². The van der Waals surface area contributed by atoms with Crippen molar-refractivity contribution in [3.05, 3.63) is 23.7 Å². The number of nitrogens with zero attached hydrogens (tertiary/aromatic N) is 2. The summed E-state index contributed by atoms with van der Waals surface area (Å²) >= 11 is 0. The van der Waals surface area contributed by atoms with Crippen molar-refractivity contribution in [2.24, 2.45) is 0 Å². The molecule has 0 unspecified atom stereocenters. The van der Waals surface area contributed by atoms with E-state index in [0.29, 0.717) is 11.2 Å². The molecule has 0 saturated carbocycles. The van der Waals surface area contributed by atoms with Crippen LogP contribution in [0.2, 0.25) is 0 Å². The Balaban J connectivity index is 2.49. The Morgan fingerprint density at radius 1 is 1.50 bits per heavy atom. The number of fused-ring (bicyclic) bond motifs is 1. The van der Waals surface area contributed by atoms with Crippen LogP contribution in [0, 0.1) is 0 Å². The fraction of sp³-hybridized carbons (Fsp3) is 0.364. The number of hydrogen-bond acceptors (Lipinski definition) is 5. The SMILES string of the molecule is COC(=O)c1cnc2oc(C(C)C)cc2n1. The first-order chi connectivity index (χ1) is 7.61. The summed E-state index contributed by atoms with van der Waals surface area (Å²) in [5.74, 6) is 0.566. The van der Waals surface area contributed by atoms with Crippen LogP contribution in [0.4, 0.5) is 0 Å². The van der Waals surface area contributed by atoms with E-state index in [9.17, 15) is 4.79 Å². The summed E-state index contributed by atoms with van der Waals surface area (Å²) in [6.07, 6.45) is 1.35. The molecule has 2 rings (SSSR count). The van der Waals surface area contributed by atoms with Crippen LogP contribution in [0.25, 0.3) is 11.2 Å². The summed E-state index contributed by atoms with van der Waals surface area (Å²) < 4.78 is 10.0. The Morgan fingerprint density at radius 3 is 2.88 bits per heavy atom. The zero-order valence-electron chi connectivity index (χ0n) is 9.35. The van der Waals surface area contributed by atoms with Crippen LogP contribution in [-0.4, -0.2) is 23.0 Å². The molecule has 5 nitrogen and oxygen atoms in total. The van der Waals surface area contributed by atoms with Gasteiger partial charge in [-0.2, -0.15) is 0 Å². The third kappa shape index (κ3) is 1.76. The van der Waals surface area contributed by atoms with Crippen LogP contribution < -0.4 is 0 Å². The molecule has 0 saturated heterocycles. The van der Waals surface area contributed by atoms with E-state index in [4.69, 9.17) is 4.42 Å². The number of hydrogen-bond donors (Lipinski definition) is 0. The zero-order valence-corrected chi connectivity index (χ0v) is 9.35. The minimum absolute atomic E-state index is 0.186. The van der Waals surface area contributed by atoms with Crippen LogP contribution in [0.3, 0.4) is 0 Å². The summed E-state index contributed by atoms with van der Waals surface area (Å²) in [5.41, 5.74) is 1.20. The molecule has 5 heteroatoms. The van der Waals surface area contributed by atoms with Crippen molar-refractivity contribution in [1.82, 2.24) is 9.97 Å². The normalized spacial score (nSPS) is 11.0. The van der Waals surface area contributed by atoms with Crippen molar-refractivity contribution in [3.63, 3.8) is 0 Å². The summed E-state index contributed by atoms with van der Waals surface area (Å²) in [6.45, 7) is 4.03. The summed E-state index contributed by atoms with van der Waals surface area (Å²) in [6, 6.07) is 1.79. The van der Waals surface area contributed by atoms with Gasteiger partial charge in [-0.25, -0.2) is 14.8 Å². The highest BCUT2D eigenvalue weighted by atomic mass is 16.5. The van der Waals surface area contributed by atoms with Crippen LogP contribution in [-0.2, 0) is 4.74 Å². The van der Waals surface area contributed by atoms with E-state index in [1.807, 2.05) is 13.8 Å². The van der Waals surface area contributed by atoms with Gasteiger partial charge in [-0.05, 0) is 0 Å². The van der Waals surface area contributed by atoms with Gasteiger partial charge in [0.2, 0.25) is 5.71 Å². The van der Waals surface area contributed by atoms with E-state index in [1.165, 1.54) is 13.3 Å². The predicted octanol–water partition coefficient (Wildman–Crippen LogP) is 2.13. The highest BCUT2D eigenvalue weighted by Gasteiger charge is 2.13. The number of carbonyl (C=O) groups is 1. The topological polar surface area (TPSA) is 65.2 Å². The number of methoxy groups -OCH3 is 1. The maximum absolute atomic E-state index is 11.2. The lowest BCUT2D eigenvalue weighted by Crippen LogP contribution is -2.04. The Morgan fingerprint density at radius 2 is 2.25 bits per heavy atom. The standard InChI is InChI=1S/C11H12N2O3/c1-6(2)9-4-7-10(16-9)12-5-8(13-7)11(14)15-3/h4-6H,1-3H3. The van der Waals surface area contributed by atoms with E-state index < -0.39 is 5.97 Å². The Kier molecular flexibility index (Phi) is 2.60. The van der Waals surface area contributed by atoms with Gasteiger partial charge in [0.15, 0.2) is 5.69 Å². The smallest absolute Gasteiger partial charge is 0.358 e. The molecule has 0 radical (unpaired) electrons. The van der Waals surface area contributed by atoms with E-state index in [2.05, 4.69) is 14.7 Å². The fourth-order valence-corrected chi connectivity index (χ4v) is 1.33. The van der Waals surface area contributed by atoms with Crippen LogP contribution in [0.1, 0.15) is 36.0 Å². The molecule has 2 heterocycles. The molecule has 0 N–H and O–H groups in total. The molecule has 0 fully saturated rings. The molecule has 0 aliphatic rings. The first-order valence-corrected chi connectivity index (χ1v) is 4.96. The van der Waals surface area contributed by atoms with E-state index in [-0.39, 0.29) is 11.6 Å². The van der Waals surface area contributed by atoms with Gasteiger partial charge in [0.05, 0.1) is 13.3 Å². The lowest BCUT2D eigenvalue weighted by molar-refractivity contribution is 0.0594. The predicted molar refractivity (Wildman–Crippen MR) is 57.2 cm³/mol. The average molecular weight is 220 g/mol. The molecule has 0 aliphatic carbocycles. The van der Waals surface area contributed by atoms with E-state index in [1.54, 1.807) is 6.07 Å². The highest BCUT2D eigenvalue weighted by Crippen LogP contribution is 2.22. The van der Waals surface area contributed by atoms with Crippen LogP contribution >= 0.6 is 0 Å². The molecule has 0 atom stereocenters. The van der Waals surface area contributed by atoms with Crippen molar-refractivity contribution < 1.29 is 13.9 Å². The Bertz CT molecular complexity index is 531. The fourth-order valence-electron chi connectivity index (χ4n) is 1.33. The van der Waals surface area contributed by atoms with E-state index >= 15 is 0 Å². The van der Waals surface area contributed by atoms with Crippen molar-refractivity contribution in [1.29, 1.82) is 0 Å². The van der Waals surface area contributed by atoms with Gasteiger partial charge in [-0.1, -0.05) is 13.8 Å². The monoisotopic (exact) mass is 220 g/mol. The van der Waals surface area contributed by atoms with Crippen molar-refractivity contribution in [3.8, 4) is 0 Å². The lowest BCUT2D eigenvalue weighted by atomic mass is 10.2. The minimum atomic E-state index is -0.498. The second-order valence-electron chi connectivity index (χ2n) is 3.74. The molecular formula is C11H12N2O3. The molecule has 2 aromatic rings. The molecule has 84 valence electrons. The number of aromatic nitrogens is 2. The Hall–Kier alpha value is -1.91. The second kappa shape index (κ2) is 3.92. The molecule has 0 aromatic carbocycles. The maximum atomic E-state index is 11.2. The summed E-state index contributed by atoms with van der Waals surface area (Å²) in [4.78, 5) is 19.4. The second-order valence-corrected chi connectivity index (χ2v) is 3.74. The quantitative estimate of drug-likeness (QED) is 0.725. The van der Waals surface area contributed by atoms with Gasteiger partial charge in [-0.3, -0.25) is 0 Å². The number of ether oxygens (including phenoxy) is 1. The molecule has 0 amide bonds. The number of furan rings is 1. The lowest BCUT2D eigenvalue weighted by Gasteiger charge is -1.96. The first kappa shape index (κ1) is 10.6. The molecule has 16 heavy (non-hydrogen) atoms. The molecular weight excluding hydrogens is 208 g/mol. The van der Waals surface area contributed by atoms with E-state index in [0.717, 1.165) is 5.76 Å². The van der Waals surface area contributed by atoms with Crippen molar-refractivity contribution in [2.75, 3.05) is 7.11 Å². The molecule has 0 spiro atoms. The highest BCUT2D eigenvalue weighted by molar-refractivity contribution is 5.88. The Labute approximate surface area is 92.4 Å². The van der Waals surface area contributed by atoms with Gasteiger partial charge in [-0.15, -0.1) is 0 Å².